The van der Waals surface area contributed by atoms with Crippen molar-refractivity contribution < 1.29 is 4.79 Å². The van der Waals surface area contributed by atoms with E-state index in [1.54, 1.807) is 6.07 Å². The van der Waals surface area contributed by atoms with Crippen LogP contribution in [-0.4, -0.2) is 22.1 Å². The minimum Gasteiger partial charge on any atom is -0.348 e. The van der Waals surface area contributed by atoms with Crippen molar-refractivity contribution in [3.05, 3.63) is 17.5 Å². The third kappa shape index (κ3) is 1.71. The van der Waals surface area contributed by atoms with E-state index in [1.165, 1.54) is 6.42 Å². The van der Waals surface area contributed by atoms with Crippen molar-refractivity contribution in [2.45, 2.75) is 32.2 Å². The van der Waals surface area contributed by atoms with Crippen molar-refractivity contribution >= 4 is 5.91 Å². The Kier molecular flexibility index (Phi) is 2.04. The summed E-state index contributed by atoms with van der Waals surface area (Å²) in [6.07, 6.45) is 3.44. The number of carbonyl (C=O) groups excluding carboxylic acids is 1. The molecule has 1 heterocycles. The van der Waals surface area contributed by atoms with E-state index in [0.29, 0.717) is 11.7 Å². The smallest absolute Gasteiger partial charge is 0.271 e. The molecular formula is C9H13N3O. The predicted octanol–water partition coefficient (Wildman–Crippen LogP) is 1.00. The zero-order chi connectivity index (χ0) is 9.26. The zero-order valence-corrected chi connectivity index (χ0v) is 7.63. The summed E-state index contributed by atoms with van der Waals surface area (Å²) in [4.78, 5) is 11.5. The third-order valence-corrected chi connectivity index (χ3v) is 2.38. The molecule has 1 aromatic rings. The average Bonchev–Trinajstić information content (AvgIpc) is 2.44. The summed E-state index contributed by atoms with van der Waals surface area (Å²) in [5, 5.41) is 9.56. The zero-order valence-electron chi connectivity index (χ0n) is 7.63. The molecule has 0 spiro atoms. The molecule has 0 unspecified atom stereocenters. The van der Waals surface area contributed by atoms with Crippen LogP contribution in [0.2, 0.25) is 0 Å². The van der Waals surface area contributed by atoms with Gasteiger partial charge in [0.2, 0.25) is 0 Å². The van der Waals surface area contributed by atoms with Crippen molar-refractivity contribution in [3.8, 4) is 0 Å². The summed E-state index contributed by atoms with van der Waals surface area (Å²) in [5.41, 5.74) is 1.41. The second-order valence-corrected chi connectivity index (χ2v) is 3.54. The van der Waals surface area contributed by atoms with Crippen LogP contribution < -0.4 is 5.32 Å². The fourth-order valence-corrected chi connectivity index (χ4v) is 1.35. The average molecular weight is 179 g/mol. The Morgan fingerprint density at radius 1 is 1.69 bits per heavy atom. The number of hydrogen-bond acceptors (Lipinski definition) is 2. The fourth-order valence-electron chi connectivity index (χ4n) is 1.35. The standard InChI is InChI=1S/C9H13N3O/c1-6-5-8(12-11-6)9(13)10-7-3-2-4-7/h5,7H,2-4H2,1H3,(H,10,13)(H,11,12). The monoisotopic (exact) mass is 179 g/mol. The van der Waals surface area contributed by atoms with Crippen molar-refractivity contribution in [2.24, 2.45) is 0 Å². The second kappa shape index (κ2) is 3.20. The Morgan fingerprint density at radius 2 is 2.46 bits per heavy atom. The highest BCUT2D eigenvalue weighted by molar-refractivity contribution is 5.92. The van der Waals surface area contributed by atoms with Crippen LogP contribution in [0.1, 0.15) is 35.4 Å². The highest BCUT2D eigenvalue weighted by atomic mass is 16.2. The van der Waals surface area contributed by atoms with Crippen LogP contribution in [0.15, 0.2) is 6.07 Å². The highest BCUT2D eigenvalue weighted by Crippen LogP contribution is 2.18. The molecule has 2 N–H and O–H groups in total. The fraction of sp³-hybridized carbons (Fsp3) is 0.556. The number of rotatable bonds is 2. The molecule has 4 heteroatoms. The first-order chi connectivity index (χ1) is 6.25. The lowest BCUT2D eigenvalue weighted by Gasteiger charge is -2.25. The van der Waals surface area contributed by atoms with Gasteiger partial charge in [-0.2, -0.15) is 5.10 Å². The molecule has 1 fully saturated rings. The van der Waals surface area contributed by atoms with Crippen molar-refractivity contribution in [3.63, 3.8) is 0 Å². The van der Waals surface area contributed by atoms with E-state index in [0.717, 1.165) is 18.5 Å². The molecule has 1 saturated carbocycles. The molecule has 2 rings (SSSR count). The van der Waals surface area contributed by atoms with Gasteiger partial charge in [0.1, 0.15) is 5.69 Å². The van der Waals surface area contributed by atoms with Crippen LogP contribution in [-0.2, 0) is 0 Å². The number of hydrogen-bond donors (Lipinski definition) is 2. The maximum absolute atomic E-state index is 11.5. The lowest BCUT2D eigenvalue weighted by atomic mass is 9.93. The van der Waals surface area contributed by atoms with Crippen molar-refractivity contribution in [1.82, 2.24) is 15.5 Å². The van der Waals surface area contributed by atoms with E-state index in [2.05, 4.69) is 15.5 Å². The predicted molar refractivity (Wildman–Crippen MR) is 48.4 cm³/mol. The van der Waals surface area contributed by atoms with Gasteiger partial charge in [-0.05, 0) is 32.3 Å². The topological polar surface area (TPSA) is 57.8 Å². The van der Waals surface area contributed by atoms with Crippen LogP contribution in [0.5, 0.6) is 0 Å². The molecular weight excluding hydrogens is 166 g/mol. The maximum atomic E-state index is 11.5. The van der Waals surface area contributed by atoms with Gasteiger partial charge in [-0.25, -0.2) is 0 Å². The third-order valence-electron chi connectivity index (χ3n) is 2.38. The number of aryl methyl sites for hydroxylation is 1. The number of H-pyrrole nitrogens is 1. The summed E-state index contributed by atoms with van der Waals surface area (Å²) in [6, 6.07) is 2.14. The van der Waals surface area contributed by atoms with Gasteiger partial charge in [-0.1, -0.05) is 0 Å². The van der Waals surface area contributed by atoms with Crippen LogP contribution in [0, 0.1) is 6.92 Å². The number of aromatic amines is 1. The molecule has 0 atom stereocenters. The summed E-state index contributed by atoms with van der Waals surface area (Å²) in [5.74, 6) is -0.0611. The lowest BCUT2D eigenvalue weighted by molar-refractivity contribution is 0.0912. The van der Waals surface area contributed by atoms with Crippen LogP contribution in [0.25, 0.3) is 0 Å². The Hall–Kier alpha value is -1.32. The SMILES string of the molecule is Cc1cc(C(=O)NC2CCC2)n[nH]1. The molecule has 1 amide bonds. The first kappa shape index (κ1) is 8.29. The van der Waals surface area contributed by atoms with Gasteiger partial charge >= 0.3 is 0 Å². The van der Waals surface area contributed by atoms with Crippen LogP contribution in [0.4, 0.5) is 0 Å². The van der Waals surface area contributed by atoms with E-state index in [9.17, 15) is 4.79 Å². The number of nitrogens with one attached hydrogen (secondary N) is 2. The molecule has 0 aromatic carbocycles. The van der Waals surface area contributed by atoms with Gasteiger partial charge in [0.15, 0.2) is 0 Å². The molecule has 0 bridgehead atoms. The van der Waals surface area contributed by atoms with Gasteiger partial charge in [-0.15, -0.1) is 0 Å². The molecule has 0 aliphatic heterocycles. The van der Waals surface area contributed by atoms with Gasteiger partial charge in [0.05, 0.1) is 0 Å². The summed E-state index contributed by atoms with van der Waals surface area (Å²) < 4.78 is 0. The van der Waals surface area contributed by atoms with E-state index in [4.69, 9.17) is 0 Å². The number of amides is 1. The Balaban J connectivity index is 1.96. The molecule has 0 radical (unpaired) electrons. The Bertz CT molecular complexity index is 314. The van der Waals surface area contributed by atoms with E-state index >= 15 is 0 Å². The summed E-state index contributed by atoms with van der Waals surface area (Å²) in [7, 11) is 0. The molecule has 1 aliphatic rings. The number of aromatic nitrogens is 2. The molecule has 1 aromatic heterocycles. The van der Waals surface area contributed by atoms with Crippen LogP contribution >= 0.6 is 0 Å². The molecule has 0 saturated heterocycles. The lowest BCUT2D eigenvalue weighted by Crippen LogP contribution is -2.39. The largest absolute Gasteiger partial charge is 0.348 e. The van der Waals surface area contributed by atoms with Gasteiger partial charge < -0.3 is 5.32 Å². The van der Waals surface area contributed by atoms with Gasteiger partial charge in [0, 0.05) is 11.7 Å². The molecule has 4 nitrogen and oxygen atoms in total. The molecule has 70 valence electrons. The first-order valence-corrected chi connectivity index (χ1v) is 4.58. The van der Waals surface area contributed by atoms with Crippen molar-refractivity contribution in [1.29, 1.82) is 0 Å². The molecule has 13 heavy (non-hydrogen) atoms. The first-order valence-electron chi connectivity index (χ1n) is 4.58. The Labute approximate surface area is 76.7 Å². The highest BCUT2D eigenvalue weighted by Gasteiger charge is 2.20. The van der Waals surface area contributed by atoms with Crippen molar-refractivity contribution in [2.75, 3.05) is 0 Å². The van der Waals surface area contributed by atoms with E-state index in [-0.39, 0.29) is 5.91 Å². The quantitative estimate of drug-likeness (QED) is 0.711. The van der Waals surface area contributed by atoms with Gasteiger partial charge in [-0.3, -0.25) is 9.89 Å². The molecule has 1 aliphatic carbocycles. The van der Waals surface area contributed by atoms with E-state index in [1.807, 2.05) is 6.92 Å². The number of carbonyl (C=O) groups is 1. The minimum atomic E-state index is -0.0611. The minimum absolute atomic E-state index is 0.0611. The normalized spacial score (nSPS) is 16.7. The summed E-state index contributed by atoms with van der Waals surface area (Å²) >= 11 is 0. The summed E-state index contributed by atoms with van der Waals surface area (Å²) in [6.45, 7) is 1.88. The number of nitrogens with zero attached hydrogens (tertiary/aromatic N) is 1. The van der Waals surface area contributed by atoms with E-state index < -0.39 is 0 Å². The second-order valence-electron chi connectivity index (χ2n) is 3.54. The van der Waals surface area contributed by atoms with Gasteiger partial charge in [0.25, 0.3) is 5.91 Å². The maximum Gasteiger partial charge on any atom is 0.271 e. The Morgan fingerprint density at radius 3 is 2.92 bits per heavy atom. The van der Waals surface area contributed by atoms with Crippen LogP contribution in [0.3, 0.4) is 0 Å².